The van der Waals surface area contributed by atoms with Gasteiger partial charge in [-0.25, -0.2) is 9.59 Å². The van der Waals surface area contributed by atoms with E-state index in [9.17, 15) is 19.2 Å². The molecular formula is C45H80N4O7. The zero-order valence-corrected chi connectivity index (χ0v) is 38.1. The molecule has 0 saturated carbocycles. The fourth-order valence-electron chi connectivity index (χ4n) is 4.64. The van der Waals surface area contributed by atoms with Gasteiger partial charge in [0.2, 0.25) is 6.79 Å². The van der Waals surface area contributed by atoms with Gasteiger partial charge >= 0.3 is 24.1 Å². The predicted octanol–water partition coefficient (Wildman–Crippen LogP) is 11.9. The predicted molar refractivity (Wildman–Crippen MR) is 236 cm³/mol. The molecule has 0 unspecified atom stereocenters. The smallest absolute Gasteiger partial charge is 0.407 e. The van der Waals surface area contributed by atoms with Crippen molar-refractivity contribution in [1.29, 1.82) is 0 Å². The molecule has 2 rings (SSSR count). The van der Waals surface area contributed by atoms with Gasteiger partial charge in [-0.2, -0.15) is 0 Å². The van der Waals surface area contributed by atoms with Crippen LogP contribution in [0.1, 0.15) is 147 Å². The maximum Gasteiger partial charge on any atom is 0.407 e. The highest BCUT2D eigenvalue weighted by Crippen LogP contribution is 2.30. The summed E-state index contributed by atoms with van der Waals surface area (Å²) in [7, 11) is 0. The number of hydrogen-bond acceptors (Lipinski definition) is 8. The molecule has 0 saturated heterocycles. The van der Waals surface area contributed by atoms with Crippen molar-refractivity contribution in [2.45, 2.75) is 155 Å². The number of carbonyl (C=O) groups excluding carboxylic acids is 4. The van der Waals surface area contributed by atoms with E-state index in [-0.39, 0.29) is 18.9 Å². The van der Waals surface area contributed by atoms with Gasteiger partial charge in [0.1, 0.15) is 5.60 Å². The molecule has 0 bridgehead atoms. The number of esters is 2. The summed E-state index contributed by atoms with van der Waals surface area (Å²) in [5, 5.41) is 8.55. The number of alkyl carbamates (subject to hydrolysis) is 1. The second-order valence-electron chi connectivity index (χ2n) is 14.2. The van der Waals surface area contributed by atoms with E-state index in [4.69, 9.17) is 14.2 Å². The van der Waals surface area contributed by atoms with Crippen molar-refractivity contribution in [3.63, 3.8) is 0 Å². The number of urea groups is 1. The number of nitrogens with one attached hydrogen (secondary N) is 3. The monoisotopic (exact) mass is 789 g/mol. The molecular weight excluding hydrogens is 709 g/mol. The number of ether oxygens (including phenoxy) is 3. The van der Waals surface area contributed by atoms with Gasteiger partial charge in [-0.05, 0) is 88.6 Å². The molecule has 3 N–H and O–H groups in total. The number of anilines is 3. The average Bonchev–Trinajstić information content (AvgIpc) is 3.13. The van der Waals surface area contributed by atoms with Crippen LogP contribution in [-0.4, -0.2) is 56.1 Å². The zero-order chi connectivity index (χ0) is 43.7. The molecule has 11 heteroatoms. The van der Waals surface area contributed by atoms with E-state index in [2.05, 4.69) is 62.4 Å². The van der Waals surface area contributed by atoms with E-state index in [1.54, 1.807) is 20.8 Å². The summed E-state index contributed by atoms with van der Waals surface area (Å²) in [5.74, 6) is -0.172. The third-order valence-corrected chi connectivity index (χ3v) is 6.66. The molecule has 0 atom stereocenters. The molecule has 0 radical (unpaired) electrons. The lowest BCUT2D eigenvalue weighted by atomic mass is 10.1. The van der Waals surface area contributed by atoms with Crippen molar-refractivity contribution in [1.82, 2.24) is 5.32 Å². The Morgan fingerprint density at radius 2 is 1.25 bits per heavy atom. The Bertz CT molecular complexity index is 1310. The highest BCUT2D eigenvalue weighted by Gasteiger charge is 2.18. The lowest BCUT2D eigenvalue weighted by molar-refractivity contribution is -0.167. The van der Waals surface area contributed by atoms with Gasteiger partial charge in [0.15, 0.2) is 0 Å². The first-order chi connectivity index (χ1) is 26.5. The van der Waals surface area contributed by atoms with Gasteiger partial charge in [0.05, 0.1) is 11.4 Å². The Morgan fingerprint density at radius 1 is 0.732 bits per heavy atom. The summed E-state index contributed by atoms with van der Waals surface area (Å²) in [5.41, 5.74) is 3.62. The van der Waals surface area contributed by atoms with Crippen LogP contribution >= 0.6 is 0 Å². The van der Waals surface area contributed by atoms with Crippen molar-refractivity contribution < 1.29 is 33.4 Å². The molecule has 0 aliphatic rings. The van der Waals surface area contributed by atoms with Gasteiger partial charge < -0.3 is 35.1 Å². The number of aryl methyl sites for hydroxylation is 2. The maximum absolute atomic E-state index is 13.0. The molecule has 2 aromatic carbocycles. The van der Waals surface area contributed by atoms with Gasteiger partial charge in [-0.1, -0.05) is 113 Å². The third-order valence-electron chi connectivity index (χ3n) is 6.66. The van der Waals surface area contributed by atoms with E-state index in [1.165, 1.54) is 6.42 Å². The minimum Gasteiger partial charge on any atom is -0.444 e. The SMILES string of the molecule is CC.CC.CC.CCC.Cc1ccc(NC(=O)Nc2cc(CCC(=O)OCOC(=O)CCCCNC(=O)OC(C)(C)C)ccc2N(CC(C)C)CC(C)C)cc1. The molecule has 0 aliphatic carbocycles. The van der Waals surface area contributed by atoms with E-state index in [0.29, 0.717) is 49.0 Å². The first-order valence-corrected chi connectivity index (χ1v) is 20.8. The average molecular weight is 789 g/mol. The van der Waals surface area contributed by atoms with Crippen LogP contribution in [0, 0.1) is 18.8 Å². The Hall–Kier alpha value is -4.28. The van der Waals surface area contributed by atoms with E-state index in [0.717, 1.165) is 29.9 Å². The maximum atomic E-state index is 13.0. The minimum absolute atomic E-state index is 0.0734. The topological polar surface area (TPSA) is 135 Å². The first-order valence-electron chi connectivity index (χ1n) is 20.8. The zero-order valence-electron chi connectivity index (χ0n) is 38.1. The van der Waals surface area contributed by atoms with Gasteiger partial charge in [0.25, 0.3) is 0 Å². The van der Waals surface area contributed by atoms with E-state index in [1.807, 2.05) is 90.9 Å². The fraction of sp³-hybridized carbons (Fsp3) is 0.644. The summed E-state index contributed by atoms with van der Waals surface area (Å²) in [6.45, 7) is 33.8. The molecule has 0 spiro atoms. The van der Waals surface area contributed by atoms with Crippen LogP contribution in [0.3, 0.4) is 0 Å². The van der Waals surface area contributed by atoms with Crippen LogP contribution in [0.5, 0.6) is 0 Å². The first kappa shape index (κ1) is 56.1. The number of rotatable bonds is 17. The minimum atomic E-state index is -0.571. The number of amides is 3. The summed E-state index contributed by atoms with van der Waals surface area (Å²) in [4.78, 5) is 51.4. The van der Waals surface area contributed by atoms with E-state index < -0.39 is 30.4 Å². The number of hydrogen-bond donors (Lipinski definition) is 3. The molecule has 0 fully saturated rings. The second kappa shape index (κ2) is 34.0. The van der Waals surface area contributed by atoms with Gasteiger partial charge in [0, 0.05) is 38.2 Å². The number of benzene rings is 2. The highest BCUT2D eigenvalue weighted by molar-refractivity contribution is 6.02. The Kier molecular flexibility index (Phi) is 34.0. The van der Waals surface area contributed by atoms with Crippen molar-refractivity contribution in [3.8, 4) is 0 Å². The Labute approximate surface area is 341 Å². The molecule has 11 nitrogen and oxygen atoms in total. The van der Waals surface area contributed by atoms with Crippen molar-refractivity contribution in [2.75, 3.05) is 42.0 Å². The van der Waals surface area contributed by atoms with Crippen LogP contribution in [0.2, 0.25) is 0 Å². The summed E-state index contributed by atoms with van der Waals surface area (Å²) in [6.07, 6.45) is 2.41. The van der Waals surface area contributed by atoms with Crippen molar-refractivity contribution >= 4 is 41.1 Å². The molecule has 3 amide bonds. The lowest BCUT2D eigenvalue weighted by Crippen LogP contribution is -2.33. The molecule has 2 aromatic rings. The normalized spacial score (nSPS) is 10.0. The molecule has 0 aromatic heterocycles. The standard InChI is InChI=1S/C36H54N4O7.C3H8.3C2H6/c1-25(2)22-40(23-26(3)4)31-18-14-28(21-30(31)39-34(43)38-29-16-12-27(5)13-17-29)15-19-33(42)46-24-45-32(41)11-9-10-20-37-35(44)47-36(6,7)8;1-3-2;3*1-2/h12-14,16-18,21,25-26H,9-11,15,19-20,22-24H2,1-8H3,(H,37,44)(H2,38,39,43);3H2,1-2H3;3*1-2H3. The molecule has 56 heavy (non-hydrogen) atoms. The van der Waals surface area contributed by atoms with Crippen LogP contribution in [0.15, 0.2) is 42.5 Å². The Balaban J connectivity index is -0.00000288. The van der Waals surface area contributed by atoms with Gasteiger partial charge in [-0.15, -0.1) is 0 Å². The van der Waals surface area contributed by atoms with Crippen molar-refractivity contribution in [2.24, 2.45) is 11.8 Å². The number of carbonyl (C=O) groups is 4. The largest absolute Gasteiger partial charge is 0.444 e. The third kappa shape index (κ3) is 30.0. The van der Waals surface area contributed by atoms with Crippen molar-refractivity contribution in [3.05, 3.63) is 53.6 Å². The fourth-order valence-corrected chi connectivity index (χ4v) is 4.64. The quantitative estimate of drug-likeness (QED) is 0.0819. The van der Waals surface area contributed by atoms with Crippen LogP contribution in [0.4, 0.5) is 26.7 Å². The van der Waals surface area contributed by atoms with Crippen LogP contribution in [-0.2, 0) is 30.2 Å². The summed E-state index contributed by atoms with van der Waals surface area (Å²) in [6, 6.07) is 13.0. The summed E-state index contributed by atoms with van der Waals surface area (Å²) < 4.78 is 15.3. The highest BCUT2D eigenvalue weighted by atomic mass is 16.7. The Morgan fingerprint density at radius 3 is 1.75 bits per heavy atom. The summed E-state index contributed by atoms with van der Waals surface area (Å²) >= 11 is 0. The molecule has 0 heterocycles. The lowest BCUT2D eigenvalue weighted by Gasteiger charge is -2.30. The van der Waals surface area contributed by atoms with E-state index >= 15 is 0 Å². The van der Waals surface area contributed by atoms with Crippen LogP contribution in [0.25, 0.3) is 0 Å². The van der Waals surface area contributed by atoms with Gasteiger partial charge in [-0.3, -0.25) is 9.59 Å². The molecule has 322 valence electrons. The van der Waals surface area contributed by atoms with Crippen LogP contribution < -0.4 is 20.9 Å². The molecule has 0 aliphatic heterocycles. The number of unbranched alkanes of at least 4 members (excludes halogenated alkanes) is 1. The second-order valence-corrected chi connectivity index (χ2v) is 14.2. The number of nitrogens with zero attached hydrogens (tertiary/aromatic N) is 1.